The molecule has 4 nitrogen and oxygen atoms in total. The molecule has 0 N–H and O–H groups in total. The number of carbonyl (C=O) groups is 1. The van der Waals surface area contributed by atoms with Crippen molar-refractivity contribution in [1.29, 1.82) is 0 Å². The third-order valence-corrected chi connectivity index (χ3v) is 5.05. The summed E-state index contributed by atoms with van der Waals surface area (Å²) >= 11 is 0. The van der Waals surface area contributed by atoms with Crippen LogP contribution in [-0.2, 0) is 14.0 Å². The first kappa shape index (κ1) is 20.2. The predicted octanol–water partition coefficient (Wildman–Crippen LogP) is 5.39. The zero-order valence-corrected chi connectivity index (χ0v) is 17.7. The molecule has 2 unspecified atom stereocenters. The number of allylic oxidation sites excluding steroid dienone is 1. The normalized spacial score (nSPS) is 21.3. The third-order valence-electron chi connectivity index (χ3n) is 5.05. The molecule has 1 aliphatic rings. The highest BCUT2D eigenvalue weighted by Crippen LogP contribution is 2.40. The molecule has 0 saturated carbocycles. The van der Waals surface area contributed by atoms with Gasteiger partial charge >= 0.3 is 13.1 Å². The second kappa shape index (κ2) is 7.80. The Bertz CT molecular complexity index is 690. The minimum atomic E-state index is -0.625. The van der Waals surface area contributed by atoms with Gasteiger partial charge in [-0.2, -0.15) is 0 Å². The lowest BCUT2D eigenvalue weighted by atomic mass is 9.73. The van der Waals surface area contributed by atoms with Gasteiger partial charge in [-0.15, -0.1) is 6.58 Å². The summed E-state index contributed by atoms with van der Waals surface area (Å²) in [7, 11) is -0.625. The van der Waals surface area contributed by atoms with E-state index in [0.717, 1.165) is 5.56 Å². The molecule has 1 fully saturated rings. The molecule has 2 atom stereocenters. The van der Waals surface area contributed by atoms with Crippen LogP contribution in [-0.4, -0.2) is 29.9 Å². The van der Waals surface area contributed by atoms with E-state index in [1.807, 2.05) is 60.6 Å². The number of carbonyl (C=O) groups excluding carboxylic acids is 1. The van der Waals surface area contributed by atoms with Crippen molar-refractivity contribution < 1.29 is 20.2 Å². The zero-order valence-electron chi connectivity index (χ0n) is 18.7. The second-order valence-corrected chi connectivity index (χ2v) is 9.07. The molecule has 1 heterocycles. The highest BCUT2D eigenvalue weighted by molar-refractivity contribution is 6.45. The van der Waals surface area contributed by atoms with Crippen LogP contribution in [0.2, 0.25) is 6.30 Å². The first-order chi connectivity index (χ1) is 12.8. The van der Waals surface area contributed by atoms with Crippen LogP contribution in [0.3, 0.4) is 0 Å². The van der Waals surface area contributed by atoms with Crippen molar-refractivity contribution in [2.75, 3.05) is 0 Å². The van der Waals surface area contributed by atoms with Crippen molar-refractivity contribution in [3.63, 3.8) is 0 Å². The number of ether oxygens (including phenoxy) is 1. The Hall–Kier alpha value is -1.59. The van der Waals surface area contributed by atoms with Crippen LogP contribution in [0.5, 0.6) is 0 Å². The number of esters is 1. The van der Waals surface area contributed by atoms with Crippen molar-refractivity contribution in [3.05, 3.63) is 48.0 Å². The lowest BCUT2D eigenvalue weighted by Crippen LogP contribution is -2.41. The molecule has 0 amide bonds. The quantitative estimate of drug-likeness (QED) is 0.381. The Morgan fingerprint density at radius 1 is 1.22 bits per heavy atom. The summed E-state index contributed by atoms with van der Waals surface area (Å²) in [6.07, 6.45) is 1.80. The predicted molar refractivity (Wildman–Crippen MR) is 110 cm³/mol. The van der Waals surface area contributed by atoms with Gasteiger partial charge in [0.25, 0.3) is 0 Å². The molecule has 0 bridgehead atoms. The first-order valence-corrected chi connectivity index (χ1v) is 9.49. The van der Waals surface area contributed by atoms with Gasteiger partial charge in [-0.05, 0) is 84.8 Å². The Kier molecular flexibility index (Phi) is 5.83. The van der Waals surface area contributed by atoms with Crippen molar-refractivity contribution in [2.45, 2.75) is 83.9 Å². The zero-order chi connectivity index (χ0) is 21.3. The lowest BCUT2D eigenvalue weighted by Gasteiger charge is -2.32. The van der Waals surface area contributed by atoms with E-state index >= 15 is 0 Å². The van der Waals surface area contributed by atoms with Gasteiger partial charge < -0.3 is 14.0 Å². The van der Waals surface area contributed by atoms with Crippen molar-refractivity contribution in [1.82, 2.24) is 0 Å². The average molecular weight is 373 g/mol. The first-order valence-electron chi connectivity index (χ1n) is 10.1. The fraction of sp³-hybridized carbons (Fsp3) is 0.591. The van der Waals surface area contributed by atoms with Crippen molar-refractivity contribution in [3.8, 4) is 0 Å². The molecular weight excluding hydrogens is 339 g/mol. The highest BCUT2D eigenvalue weighted by Gasteiger charge is 2.51. The second-order valence-electron chi connectivity index (χ2n) is 9.07. The largest absolute Gasteiger partial charge is 0.458 e. The molecule has 0 radical (unpaired) electrons. The smallest absolute Gasteiger partial charge is 0.456 e. The molecule has 1 aromatic rings. The number of rotatable bonds is 6. The molecule has 1 aliphatic heterocycles. The van der Waals surface area contributed by atoms with Crippen LogP contribution < -0.4 is 0 Å². The van der Waals surface area contributed by atoms with Crippen molar-refractivity contribution >= 4 is 13.1 Å². The molecule has 5 heteroatoms. The monoisotopic (exact) mass is 373 g/mol. The van der Waals surface area contributed by atoms with Crippen molar-refractivity contribution in [2.24, 2.45) is 0 Å². The SMILES string of the molecule is [2H]C(B1OC(C)(C)C(C)(C)O1)C(CC=C)c1ccc(C(=O)OC(C)(C)C)cc1. The molecule has 2 rings (SSSR count). The molecule has 0 aromatic heterocycles. The van der Waals surface area contributed by atoms with E-state index in [9.17, 15) is 4.79 Å². The molecular formula is C22H33BO4. The van der Waals surface area contributed by atoms with Gasteiger partial charge in [-0.3, -0.25) is 0 Å². The van der Waals surface area contributed by atoms with Crippen LogP contribution in [0.4, 0.5) is 0 Å². The Balaban J connectivity index is 2.20. The van der Waals surface area contributed by atoms with Crippen LogP contribution in [0.25, 0.3) is 0 Å². The van der Waals surface area contributed by atoms with Gasteiger partial charge in [0.15, 0.2) is 0 Å². The molecule has 1 saturated heterocycles. The third kappa shape index (κ3) is 5.46. The van der Waals surface area contributed by atoms with E-state index in [2.05, 4.69) is 6.58 Å². The van der Waals surface area contributed by atoms with Crippen LogP contribution >= 0.6 is 0 Å². The summed E-state index contributed by atoms with van der Waals surface area (Å²) in [5, 5.41) is 0. The van der Waals surface area contributed by atoms with E-state index in [0.29, 0.717) is 12.0 Å². The maximum Gasteiger partial charge on any atom is 0.458 e. The van der Waals surface area contributed by atoms with Gasteiger partial charge in [0.05, 0.1) is 16.8 Å². The fourth-order valence-electron chi connectivity index (χ4n) is 2.87. The summed E-state index contributed by atoms with van der Waals surface area (Å²) < 4.78 is 26.3. The fourth-order valence-corrected chi connectivity index (χ4v) is 2.87. The van der Waals surface area contributed by atoms with Gasteiger partial charge in [0, 0.05) is 1.37 Å². The van der Waals surface area contributed by atoms with E-state index in [4.69, 9.17) is 15.4 Å². The minimum absolute atomic E-state index is 0.153. The Morgan fingerprint density at radius 2 is 1.74 bits per heavy atom. The standard InChI is InChI=1S/C22H33BO4/c1-9-10-18(15-23-26-21(5,6)22(7,8)27-23)16-11-13-17(14-12-16)19(24)25-20(2,3)4/h9,11-14,18H,1,10,15H2,2-8H3/i15D. The minimum Gasteiger partial charge on any atom is -0.456 e. The van der Waals surface area contributed by atoms with Crippen LogP contribution in [0, 0.1) is 0 Å². The number of benzene rings is 1. The van der Waals surface area contributed by atoms with Gasteiger partial charge in [0.1, 0.15) is 5.60 Å². The Labute approximate surface area is 165 Å². The summed E-state index contributed by atoms with van der Waals surface area (Å²) in [5.41, 5.74) is -0.0495. The topological polar surface area (TPSA) is 44.8 Å². The highest BCUT2D eigenvalue weighted by atomic mass is 16.7. The van der Waals surface area contributed by atoms with E-state index in [-0.39, 0.29) is 11.9 Å². The van der Waals surface area contributed by atoms with Gasteiger partial charge in [0.2, 0.25) is 0 Å². The van der Waals surface area contributed by atoms with Crippen LogP contribution in [0.1, 0.15) is 78.1 Å². The summed E-state index contributed by atoms with van der Waals surface area (Å²) in [4.78, 5) is 12.2. The molecule has 1 aromatic carbocycles. The maximum atomic E-state index is 12.2. The Morgan fingerprint density at radius 3 is 2.19 bits per heavy atom. The molecule has 0 aliphatic carbocycles. The van der Waals surface area contributed by atoms with E-state index < -0.39 is 30.2 Å². The van der Waals surface area contributed by atoms with Gasteiger partial charge in [-0.1, -0.05) is 18.2 Å². The maximum absolute atomic E-state index is 12.2. The van der Waals surface area contributed by atoms with E-state index in [1.165, 1.54) is 0 Å². The number of hydrogen-bond donors (Lipinski definition) is 0. The average Bonchev–Trinajstić information content (AvgIpc) is 2.78. The molecule has 0 spiro atoms. The summed E-state index contributed by atoms with van der Waals surface area (Å²) in [6, 6.07) is 7.24. The van der Waals surface area contributed by atoms with Crippen LogP contribution in [0.15, 0.2) is 36.9 Å². The van der Waals surface area contributed by atoms with E-state index in [1.54, 1.807) is 18.2 Å². The molecule has 27 heavy (non-hydrogen) atoms. The number of hydrogen-bond acceptors (Lipinski definition) is 4. The summed E-state index contributed by atoms with van der Waals surface area (Å²) in [5.74, 6) is -0.507. The lowest BCUT2D eigenvalue weighted by molar-refractivity contribution is 0.00578. The molecule has 148 valence electrons. The van der Waals surface area contributed by atoms with Gasteiger partial charge in [-0.25, -0.2) is 4.79 Å². The summed E-state index contributed by atoms with van der Waals surface area (Å²) in [6.45, 7) is 17.3.